The Morgan fingerprint density at radius 1 is 1.47 bits per heavy atom. The second-order valence-corrected chi connectivity index (χ2v) is 4.76. The first-order chi connectivity index (χ1) is 9.19. The minimum Gasteiger partial charge on any atom is -0.481 e. The summed E-state index contributed by atoms with van der Waals surface area (Å²) in [5.74, 6) is -0.889. The number of carboxylic acids is 1. The third kappa shape index (κ3) is 3.53. The highest BCUT2D eigenvalue weighted by Crippen LogP contribution is 2.16. The molecule has 0 fully saturated rings. The number of carboxylic acid groups (broad SMARTS) is 1. The Bertz CT molecular complexity index is 631. The molecule has 1 heterocycles. The zero-order valence-electron chi connectivity index (χ0n) is 9.96. The van der Waals surface area contributed by atoms with Crippen LogP contribution in [0.15, 0.2) is 29.6 Å². The number of thiazole rings is 1. The fraction of sp³-hybridized carbons (Fsp3) is 0.154. The molecule has 2 aromatic rings. The lowest BCUT2D eigenvalue weighted by atomic mass is 10.2. The Hall–Kier alpha value is -2.39. The highest BCUT2D eigenvalue weighted by molar-refractivity contribution is 7.09. The number of aromatic nitrogens is 1. The normalized spacial score (nSPS) is 9.84. The third-order valence-corrected chi connectivity index (χ3v) is 3.31. The van der Waals surface area contributed by atoms with Crippen molar-refractivity contribution in [2.24, 2.45) is 0 Å². The van der Waals surface area contributed by atoms with Crippen LogP contribution in [0.1, 0.15) is 16.3 Å². The highest BCUT2D eigenvalue weighted by Gasteiger charge is 2.06. The van der Waals surface area contributed by atoms with Gasteiger partial charge in [0.1, 0.15) is 11.1 Å². The van der Waals surface area contributed by atoms with Crippen LogP contribution in [0.3, 0.4) is 0 Å². The van der Waals surface area contributed by atoms with Gasteiger partial charge in [-0.3, -0.25) is 4.79 Å². The molecule has 0 saturated carbocycles. The number of para-hydroxylation sites is 1. The van der Waals surface area contributed by atoms with E-state index in [4.69, 9.17) is 10.4 Å². The van der Waals surface area contributed by atoms with E-state index in [1.165, 1.54) is 11.3 Å². The largest absolute Gasteiger partial charge is 0.481 e. The van der Waals surface area contributed by atoms with Gasteiger partial charge in [-0.15, -0.1) is 11.3 Å². The van der Waals surface area contributed by atoms with Gasteiger partial charge in [-0.1, -0.05) is 12.1 Å². The molecule has 0 atom stereocenters. The Morgan fingerprint density at radius 3 is 3.00 bits per heavy atom. The van der Waals surface area contributed by atoms with E-state index in [9.17, 15) is 4.79 Å². The van der Waals surface area contributed by atoms with E-state index < -0.39 is 5.97 Å². The minimum absolute atomic E-state index is 0.0642. The average molecular weight is 273 g/mol. The van der Waals surface area contributed by atoms with Gasteiger partial charge in [0.2, 0.25) is 0 Å². The molecular formula is C13H11N3O2S. The van der Waals surface area contributed by atoms with Crippen LogP contribution in [0.2, 0.25) is 0 Å². The molecule has 0 bridgehead atoms. The number of carbonyl (C=O) groups is 1. The summed E-state index contributed by atoms with van der Waals surface area (Å²) in [5, 5.41) is 23.3. The number of benzene rings is 1. The van der Waals surface area contributed by atoms with Crippen molar-refractivity contribution in [3.8, 4) is 6.07 Å². The van der Waals surface area contributed by atoms with Crippen LogP contribution in [0, 0.1) is 11.3 Å². The quantitative estimate of drug-likeness (QED) is 0.872. The number of rotatable bonds is 5. The van der Waals surface area contributed by atoms with Gasteiger partial charge in [0, 0.05) is 5.38 Å². The standard InChI is InChI=1S/C13H11N3O2S/c14-6-9-3-1-2-4-11(9)15-7-12-16-10(8-19-12)5-13(17)18/h1-4,8,15H,5,7H2,(H,17,18). The molecule has 5 nitrogen and oxygen atoms in total. The average Bonchev–Trinajstić information content (AvgIpc) is 2.83. The summed E-state index contributed by atoms with van der Waals surface area (Å²) in [6.07, 6.45) is -0.0642. The van der Waals surface area contributed by atoms with Crippen molar-refractivity contribution in [1.29, 1.82) is 5.26 Å². The lowest BCUT2D eigenvalue weighted by molar-refractivity contribution is -0.136. The van der Waals surface area contributed by atoms with Gasteiger partial charge < -0.3 is 10.4 Å². The molecule has 0 aliphatic carbocycles. The minimum atomic E-state index is -0.889. The summed E-state index contributed by atoms with van der Waals surface area (Å²) in [4.78, 5) is 14.8. The molecule has 96 valence electrons. The number of nitriles is 1. The molecule has 0 radical (unpaired) electrons. The van der Waals surface area contributed by atoms with Gasteiger partial charge in [-0.05, 0) is 12.1 Å². The van der Waals surface area contributed by atoms with E-state index in [1.807, 2.05) is 12.1 Å². The van der Waals surface area contributed by atoms with Crippen molar-refractivity contribution in [3.63, 3.8) is 0 Å². The fourth-order valence-electron chi connectivity index (χ4n) is 1.57. The predicted molar refractivity (Wildman–Crippen MR) is 71.9 cm³/mol. The van der Waals surface area contributed by atoms with Gasteiger partial charge in [0.25, 0.3) is 0 Å². The summed E-state index contributed by atoms with van der Waals surface area (Å²) in [7, 11) is 0. The predicted octanol–water partition coefficient (Wildman–Crippen LogP) is 2.25. The van der Waals surface area contributed by atoms with E-state index in [1.54, 1.807) is 17.5 Å². The highest BCUT2D eigenvalue weighted by atomic mass is 32.1. The van der Waals surface area contributed by atoms with E-state index >= 15 is 0 Å². The van der Waals surface area contributed by atoms with Gasteiger partial charge in [-0.25, -0.2) is 4.98 Å². The maximum Gasteiger partial charge on any atom is 0.309 e. The first-order valence-corrected chi connectivity index (χ1v) is 6.45. The van der Waals surface area contributed by atoms with Gasteiger partial charge >= 0.3 is 5.97 Å². The lowest BCUT2D eigenvalue weighted by Gasteiger charge is -2.05. The Kier molecular flexibility index (Phi) is 4.11. The van der Waals surface area contributed by atoms with E-state index in [2.05, 4.69) is 16.4 Å². The van der Waals surface area contributed by atoms with Gasteiger partial charge in [0.15, 0.2) is 0 Å². The maximum atomic E-state index is 10.6. The van der Waals surface area contributed by atoms with Crippen molar-refractivity contribution in [3.05, 3.63) is 45.9 Å². The molecule has 0 spiro atoms. The summed E-state index contributed by atoms with van der Waals surface area (Å²) in [6.45, 7) is 0.475. The summed E-state index contributed by atoms with van der Waals surface area (Å²) < 4.78 is 0. The maximum absolute atomic E-state index is 10.6. The van der Waals surface area contributed by atoms with Crippen LogP contribution in [0.4, 0.5) is 5.69 Å². The van der Waals surface area contributed by atoms with Crippen LogP contribution >= 0.6 is 11.3 Å². The van der Waals surface area contributed by atoms with Crippen molar-refractivity contribution in [2.45, 2.75) is 13.0 Å². The van der Waals surface area contributed by atoms with Gasteiger partial charge in [-0.2, -0.15) is 5.26 Å². The Balaban J connectivity index is 2.01. The van der Waals surface area contributed by atoms with E-state index in [0.29, 0.717) is 17.8 Å². The van der Waals surface area contributed by atoms with Crippen LogP contribution in [-0.4, -0.2) is 16.1 Å². The second-order valence-electron chi connectivity index (χ2n) is 3.81. The molecule has 2 N–H and O–H groups in total. The van der Waals surface area contributed by atoms with Crippen LogP contribution in [-0.2, 0) is 17.8 Å². The monoisotopic (exact) mass is 273 g/mol. The SMILES string of the molecule is N#Cc1ccccc1NCc1nc(CC(=O)O)cs1. The van der Waals surface area contributed by atoms with E-state index in [-0.39, 0.29) is 6.42 Å². The number of nitrogens with one attached hydrogen (secondary N) is 1. The molecule has 0 aliphatic heterocycles. The molecule has 2 rings (SSSR count). The van der Waals surface area contributed by atoms with Crippen molar-refractivity contribution in [1.82, 2.24) is 4.98 Å². The Morgan fingerprint density at radius 2 is 2.26 bits per heavy atom. The molecule has 1 aromatic heterocycles. The molecule has 0 aliphatic rings. The smallest absolute Gasteiger partial charge is 0.309 e. The lowest BCUT2D eigenvalue weighted by Crippen LogP contribution is -2.03. The molecule has 0 saturated heterocycles. The number of hydrogen-bond donors (Lipinski definition) is 2. The summed E-state index contributed by atoms with van der Waals surface area (Å²) >= 11 is 1.40. The molecule has 0 amide bonds. The van der Waals surface area contributed by atoms with E-state index in [0.717, 1.165) is 10.7 Å². The molecule has 6 heteroatoms. The number of nitrogens with zero attached hydrogens (tertiary/aromatic N) is 2. The molecular weight excluding hydrogens is 262 g/mol. The van der Waals surface area contributed by atoms with Crippen LogP contribution in [0.25, 0.3) is 0 Å². The van der Waals surface area contributed by atoms with Crippen molar-refractivity contribution >= 4 is 23.0 Å². The molecule has 19 heavy (non-hydrogen) atoms. The summed E-state index contributed by atoms with van der Waals surface area (Å²) in [6, 6.07) is 9.32. The first-order valence-electron chi connectivity index (χ1n) is 5.57. The van der Waals surface area contributed by atoms with Crippen LogP contribution < -0.4 is 5.32 Å². The molecule has 0 unspecified atom stereocenters. The van der Waals surface area contributed by atoms with Gasteiger partial charge in [0.05, 0.1) is 29.9 Å². The fourth-order valence-corrected chi connectivity index (χ4v) is 2.31. The van der Waals surface area contributed by atoms with Crippen molar-refractivity contribution < 1.29 is 9.90 Å². The van der Waals surface area contributed by atoms with Crippen LogP contribution in [0.5, 0.6) is 0 Å². The van der Waals surface area contributed by atoms with Crippen molar-refractivity contribution in [2.75, 3.05) is 5.32 Å². The zero-order chi connectivity index (χ0) is 13.7. The first kappa shape index (κ1) is 13.1. The Labute approximate surface area is 114 Å². The summed E-state index contributed by atoms with van der Waals surface area (Å²) in [5.41, 5.74) is 1.88. The third-order valence-electron chi connectivity index (χ3n) is 2.41. The zero-order valence-corrected chi connectivity index (χ0v) is 10.8. The molecule has 1 aromatic carbocycles. The number of hydrogen-bond acceptors (Lipinski definition) is 5. The second kappa shape index (κ2) is 5.98. The number of aliphatic carboxylic acids is 1. The topological polar surface area (TPSA) is 86.0 Å². The number of anilines is 1.